The minimum atomic E-state index is -3.61. The third kappa shape index (κ3) is 6.46. The van der Waals surface area contributed by atoms with Gasteiger partial charge in [-0.1, -0.05) is 54.1 Å². The van der Waals surface area contributed by atoms with Crippen molar-refractivity contribution in [3.05, 3.63) is 77.6 Å². The SMILES string of the molecule is C=CCn1c(CS(=O)(=O)c2ccc(C)cc2)nnc1SC(CC)C(=O)Nc1ccc(Cl)cc1. The highest BCUT2D eigenvalue weighted by Gasteiger charge is 2.25. The topological polar surface area (TPSA) is 93.9 Å². The highest BCUT2D eigenvalue weighted by atomic mass is 35.5. The molecule has 1 aromatic heterocycles. The van der Waals surface area contributed by atoms with Crippen molar-refractivity contribution in [2.75, 3.05) is 5.32 Å². The number of carbonyl (C=O) groups excluding carboxylic acids is 1. The van der Waals surface area contributed by atoms with E-state index < -0.39 is 15.1 Å². The zero-order valence-corrected chi connectivity index (χ0v) is 20.8. The third-order valence-electron chi connectivity index (χ3n) is 4.83. The van der Waals surface area contributed by atoms with Crippen LogP contribution in [0, 0.1) is 6.92 Å². The van der Waals surface area contributed by atoms with Crippen LogP contribution in [-0.2, 0) is 26.9 Å². The smallest absolute Gasteiger partial charge is 0.237 e. The first-order valence-corrected chi connectivity index (χ1v) is 13.2. The first-order valence-electron chi connectivity index (χ1n) is 10.3. The molecule has 0 aliphatic carbocycles. The minimum absolute atomic E-state index is 0.188. The summed E-state index contributed by atoms with van der Waals surface area (Å²) in [5.74, 6) is -0.191. The summed E-state index contributed by atoms with van der Waals surface area (Å²) in [5.41, 5.74) is 1.62. The number of carbonyl (C=O) groups is 1. The lowest BCUT2D eigenvalue weighted by Gasteiger charge is -2.15. The van der Waals surface area contributed by atoms with Crippen LogP contribution >= 0.6 is 23.4 Å². The molecular formula is C23H25ClN4O3S2. The second kappa shape index (κ2) is 11.0. The van der Waals surface area contributed by atoms with Crippen molar-refractivity contribution in [3.63, 3.8) is 0 Å². The second-order valence-electron chi connectivity index (χ2n) is 7.38. The van der Waals surface area contributed by atoms with Gasteiger partial charge >= 0.3 is 0 Å². The number of benzene rings is 2. The van der Waals surface area contributed by atoms with Crippen LogP contribution in [0.1, 0.15) is 24.7 Å². The van der Waals surface area contributed by atoms with Crippen LogP contribution in [-0.4, -0.2) is 34.3 Å². The Morgan fingerprint density at radius 1 is 1.18 bits per heavy atom. The molecule has 7 nitrogen and oxygen atoms in total. The Morgan fingerprint density at radius 2 is 1.85 bits per heavy atom. The number of hydrogen-bond donors (Lipinski definition) is 1. The fourth-order valence-corrected chi connectivity index (χ4v) is 5.41. The number of halogens is 1. The Morgan fingerprint density at radius 3 is 2.45 bits per heavy atom. The minimum Gasteiger partial charge on any atom is -0.325 e. The normalized spacial score (nSPS) is 12.3. The largest absolute Gasteiger partial charge is 0.325 e. The molecule has 0 spiro atoms. The number of amides is 1. The number of nitrogens with one attached hydrogen (secondary N) is 1. The number of allylic oxidation sites excluding steroid dienone is 1. The average Bonchev–Trinajstić information content (AvgIpc) is 3.14. The number of thioether (sulfide) groups is 1. The molecule has 3 aromatic rings. The van der Waals surface area contributed by atoms with Crippen molar-refractivity contribution >= 4 is 44.8 Å². The molecule has 1 heterocycles. The van der Waals surface area contributed by atoms with E-state index in [1.54, 1.807) is 59.2 Å². The number of aryl methyl sites for hydroxylation is 1. The van der Waals surface area contributed by atoms with Crippen LogP contribution in [0.15, 0.2) is 71.2 Å². The lowest BCUT2D eigenvalue weighted by atomic mass is 10.2. The molecule has 174 valence electrons. The Hall–Kier alpha value is -2.62. The summed E-state index contributed by atoms with van der Waals surface area (Å²) in [5, 5.41) is 11.8. The predicted octanol–water partition coefficient (Wildman–Crippen LogP) is 4.91. The zero-order chi connectivity index (χ0) is 24.0. The van der Waals surface area contributed by atoms with Crippen LogP contribution in [0.4, 0.5) is 5.69 Å². The van der Waals surface area contributed by atoms with E-state index in [0.717, 1.165) is 5.56 Å². The van der Waals surface area contributed by atoms with Gasteiger partial charge in [-0.05, 0) is 49.7 Å². The van der Waals surface area contributed by atoms with Gasteiger partial charge in [0.15, 0.2) is 15.0 Å². The fraction of sp³-hybridized carbons (Fsp3) is 0.261. The van der Waals surface area contributed by atoms with Crippen molar-refractivity contribution in [2.45, 2.75) is 47.9 Å². The maximum absolute atomic E-state index is 12.9. The molecule has 0 bridgehead atoms. The van der Waals surface area contributed by atoms with E-state index >= 15 is 0 Å². The molecule has 1 atom stereocenters. The number of rotatable bonds is 10. The number of anilines is 1. The van der Waals surface area contributed by atoms with Crippen LogP contribution in [0.5, 0.6) is 0 Å². The number of nitrogens with zero attached hydrogens (tertiary/aromatic N) is 3. The van der Waals surface area contributed by atoms with Crippen molar-refractivity contribution in [3.8, 4) is 0 Å². The van der Waals surface area contributed by atoms with Crippen LogP contribution in [0.3, 0.4) is 0 Å². The molecule has 10 heteroatoms. The molecule has 0 aliphatic rings. The van der Waals surface area contributed by atoms with Crippen LogP contribution < -0.4 is 5.32 Å². The monoisotopic (exact) mass is 504 g/mol. The summed E-state index contributed by atoms with van der Waals surface area (Å²) in [7, 11) is -3.61. The van der Waals surface area contributed by atoms with Gasteiger partial charge in [0.05, 0.1) is 10.1 Å². The molecule has 2 aromatic carbocycles. The first kappa shape index (κ1) is 25.0. The molecule has 0 fully saturated rings. The second-order valence-corrected chi connectivity index (χ2v) is 11.0. The highest BCUT2D eigenvalue weighted by Crippen LogP contribution is 2.27. The van der Waals surface area contributed by atoms with E-state index in [1.807, 2.05) is 13.8 Å². The van der Waals surface area contributed by atoms with Gasteiger partial charge in [-0.15, -0.1) is 16.8 Å². The Labute approximate surface area is 203 Å². The van der Waals surface area contributed by atoms with Gasteiger partial charge in [0, 0.05) is 17.3 Å². The van der Waals surface area contributed by atoms with Crippen molar-refractivity contribution < 1.29 is 13.2 Å². The van der Waals surface area contributed by atoms with Crippen LogP contribution in [0.25, 0.3) is 0 Å². The third-order valence-corrected chi connectivity index (χ3v) is 8.05. The molecule has 0 aliphatic heterocycles. The van der Waals surface area contributed by atoms with Gasteiger partial charge in [-0.2, -0.15) is 0 Å². The molecule has 0 radical (unpaired) electrons. The van der Waals surface area contributed by atoms with Crippen molar-refractivity contribution in [1.82, 2.24) is 14.8 Å². The molecule has 0 saturated heterocycles. The summed E-state index contributed by atoms with van der Waals surface area (Å²) in [6.45, 7) is 7.87. The first-order chi connectivity index (χ1) is 15.7. The van der Waals surface area contributed by atoms with Gasteiger partial charge in [0.1, 0.15) is 11.6 Å². The molecule has 1 unspecified atom stereocenters. The van der Waals surface area contributed by atoms with E-state index in [1.165, 1.54) is 11.8 Å². The Balaban J connectivity index is 1.80. The van der Waals surface area contributed by atoms with Crippen LogP contribution in [0.2, 0.25) is 5.02 Å². The van der Waals surface area contributed by atoms with E-state index in [2.05, 4.69) is 22.1 Å². The van der Waals surface area contributed by atoms with E-state index in [-0.39, 0.29) is 16.6 Å². The van der Waals surface area contributed by atoms with E-state index in [4.69, 9.17) is 11.6 Å². The number of aromatic nitrogens is 3. The Kier molecular flexibility index (Phi) is 8.34. The average molecular weight is 505 g/mol. The fourth-order valence-electron chi connectivity index (χ4n) is 3.03. The predicted molar refractivity (Wildman–Crippen MR) is 132 cm³/mol. The molecule has 33 heavy (non-hydrogen) atoms. The molecule has 0 saturated carbocycles. The van der Waals surface area contributed by atoms with Crippen molar-refractivity contribution in [1.29, 1.82) is 0 Å². The zero-order valence-electron chi connectivity index (χ0n) is 18.4. The molecule has 1 N–H and O–H groups in total. The van der Waals surface area contributed by atoms with E-state index in [0.29, 0.717) is 34.7 Å². The lowest BCUT2D eigenvalue weighted by Crippen LogP contribution is -2.25. The van der Waals surface area contributed by atoms with Gasteiger partial charge in [-0.3, -0.25) is 4.79 Å². The van der Waals surface area contributed by atoms with Gasteiger partial charge in [0.2, 0.25) is 5.91 Å². The standard InChI is InChI=1S/C23H25ClN4O3S2/c1-4-14-28-21(15-33(30,31)19-12-6-16(3)7-13-19)26-27-23(28)32-20(5-2)22(29)25-18-10-8-17(24)9-11-18/h4,6-13,20H,1,5,14-15H2,2-3H3,(H,25,29). The summed E-state index contributed by atoms with van der Waals surface area (Å²) in [6.07, 6.45) is 2.19. The maximum Gasteiger partial charge on any atom is 0.237 e. The summed E-state index contributed by atoms with van der Waals surface area (Å²) >= 11 is 7.14. The lowest BCUT2D eigenvalue weighted by molar-refractivity contribution is -0.115. The molecule has 3 rings (SSSR count). The van der Waals surface area contributed by atoms with Gasteiger partial charge < -0.3 is 9.88 Å². The van der Waals surface area contributed by atoms with E-state index in [9.17, 15) is 13.2 Å². The molecular weight excluding hydrogens is 480 g/mol. The van der Waals surface area contributed by atoms with Gasteiger partial charge in [-0.25, -0.2) is 8.42 Å². The number of hydrogen-bond acceptors (Lipinski definition) is 6. The maximum atomic E-state index is 12.9. The quantitative estimate of drug-likeness (QED) is 0.311. The summed E-state index contributed by atoms with van der Waals surface area (Å²) < 4.78 is 27.5. The number of sulfone groups is 1. The molecule has 1 amide bonds. The highest BCUT2D eigenvalue weighted by molar-refractivity contribution is 8.00. The van der Waals surface area contributed by atoms with Crippen molar-refractivity contribution in [2.24, 2.45) is 0 Å². The van der Waals surface area contributed by atoms with Gasteiger partial charge in [0.25, 0.3) is 0 Å². The summed E-state index contributed by atoms with van der Waals surface area (Å²) in [4.78, 5) is 13.0. The Bertz CT molecular complexity index is 1220. The summed E-state index contributed by atoms with van der Waals surface area (Å²) in [6, 6.07) is 13.5.